The zero-order valence-corrected chi connectivity index (χ0v) is 16.5. The molecule has 0 aromatic heterocycles. The second-order valence-electron chi connectivity index (χ2n) is 7.07. The van der Waals surface area contributed by atoms with Crippen LogP contribution in [0.15, 0.2) is 59.2 Å². The molecule has 1 heterocycles. The smallest absolute Gasteiger partial charge is 0.240 e. The maximum Gasteiger partial charge on any atom is 0.240 e. The van der Waals surface area contributed by atoms with E-state index in [2.05, 4.69) is 6.08 Å². The summed E-state index contributed by atoms with van der Waals surface area (Å²) in [6.45, 7) is 1.58. The van der Waals surface area contributed by atoms with Gasteiger partial charge in [0.05, 0.1) is 11.8 Å². The Bertz CT molecular complexity index is 916. The Morgan fingerprint density at radius 1 is 1.07 bits per heavy atom. The first kappa shape index (κ1) is 18.3. The minimum absolute atomic E-state index is 0.0392. The number of hydrogen-bond donors (Lipinski definition) is 0. The highest BCUT2D eigenvalue weighted by atomic mass is 35.5. The van der Waals surface area contributed by atoms with E-state index in [1.165, 1.54) is 5.57 Å². The molecule has 1 fully saturated rings. The maximum atomic E-state index is 12.3. The van der Waals surface area contributed by atoms with Gasteiger partial charge in [0.1, 0.15) is 0 Å². The van der Waals surface area contributed by atoms with Crippen LogP contribution in [0, 0.1) is 5.92 Å². The molecule has 27 heavy (non-hydrogen) atoms. The molecular formula is C22H20Cl2N2O. The van der Waals surface area contributed by atoms with Gasteiger partial charge in [0.25, 0.3) is 0 Å². The standard InChI is InChI=1S/C22H20Cl2N2O/c1-14(27)26-22(16-7-11-19(24)12-8-16)20-4-2-3-17(21(20)25-26)13-15-5-9-18(23)10-6-15/h5-13,20,22H,2-4H2,1H3/b17-13-/t20-,22+/m0/s1. The number of fused-ring (bicyclic) bond motifs is 1. The molecule has 0 N–H and O–H groups in total. The van der Waals surface area contributed by atoms with Crippen molar-refractivity contribution < 1.29 is 4.79 Å². The van der Waals surface area contributed by atoms with Crippen LogP contribution < -0.4 is 0 Å². The van der Waals surface area contributed by atoms with Crippen LogP contribution in [-0.2, 0) is 4.79 Å². The number of benzene rings is 2. The molecule has 1 amide bonds. The van der Waals surface area contributed by atoms with Gasteiger partial charge < -0.3 is 0 Å². The number of nitrogens with zero attached hydrogens (tertiary/aromatic N) is 2. The van der Waals surface area contributed by atoms with E-state index in [4.69, 9.17) is 28.3 Å². The van der Waals surface area contributed by atoms with E-state index in [0.717, 1.165) is 41.1 Å². The van der Waals surface area contributed by atoms with Gasteiger partial charge in [0, 0.05) is 22.9 Å². The van der Waals surface area contributed by atoms with Gasteiger partial charge in [-0.1, -0.05) is 47.5 Å². The fraction of sp³-hybridized carbons (Fsp3) is 0.273. The van der Waals surface area contributed by atoms with Crippen molar-refractivity contribution in [2.75, 3.05) is 0 Å². The molecule has 1 saturated carbocycles. The molecule has 3 nitrogen and oxygen atoms in total. The van der Waals surface area contributed by atoms with Crippen LogP contribution in [0.5, 0.6) is 0 Å². The summed E-state index contributed by atoms with van der Waals surface area (Å²) in [6, 6.07) is 15.5. The Morgan fingerprint density at radius 2 is 1.70 bits per heavy atom. The molecule has 0 unspecified atom stereocenters. The highest BCUT2D eigenvalue weighted by molar-refractivity contribution is 6.30. The maximum absolute atomic E-state index is 12.3. The normalized spacial score (nSPS) is 23.3. The van der Waals surface area contributed by atoms with Gasteiger partial charge in [-0.3, -0.25) is 4.79 Å². The molecule has 2 aromatic carbocycles. The first-order valence-corrected chi connectivity index (χ1v) is 9.89. The second-order valence-corrected chi connectivity index (χ2v) is 7.94. The van der Waals surface area contributed by atoms with Crippen molar-refractivity contribution in [1.29, 1.82) is 0 Å². The molecule has 2 atom stereocenters. The minimum atomic E-state index is -0.0660. The highest BCUT2D eigenvalue weighted by Gasteiger charge is 2.42. The van der Waals surface area contributed by atoms with Gasteiger partial charge in [-0.2, -0.15) is 5.10 Å². The molecule has 0 bridgehead atoms. The summed E-state index contributed by atoms with van der Waals surface area (Å²) >= 11 is 12.0. The van der Waals surface area contributed by atoms with Crippen molar-refractivity contribution in [2.24, 2.45) is 11.0 Å². The number of amides is 1. The van der Waals surface area contributed by atoms with E-state index in [1.807, 2.05) is 48.5 Å². The van der Waals surface area contributed by atoms with Crippen LogP contribution in [0.2, 0.25) is 10.0 Å². The van der Waals surface area contributed by atoms with E-state index in [1.54, 1.807) is 11.9 Å². The number of carbonyl (C=O) groups excluding carboxylic acids is 1. The van der Waals surface area contributed by atoms with Gasteiger partial charge in [0.2, 0.25) is 5.91 Å². The quantitative estimate of drug-likeness (QED) is 0.597. The molecule has 5 heteroatoms. The third-order valence-electron chi connectivity index (χ3n) is 5.25. The van der Waals surface area contributed by atoms with Crippen LogP contribution in [0.3, 0.4) is 0 Å². The highest BCUT2D eigenvalue weighted by Crippen LogP contribution is 2.44. The number of rotatable bonds is 2. The van der Waals surface area contributed by atoms with Gasteiger partial charge in [-0.25, -0.2) is 5.01 Å². The average Bonchev–Trinajstić information content (AvgIpc) is 3.05. The van der Waals surface area contributed by atoms with E-state index in [0.29, 0.717) is 5.02 Å². The summed E-state index contributed by atoms with van der Waals surface area (Å²) in [5.41, 5.74) is 4.41. The third kappa shape index (κ3) is 3.67. The Hall–Kier alpha value is -2.10. The number of hydrazone groups is 1. The summed E-state index contributed by atoms with van der Waals surface area (Å²) in [7, 11) is 0. The number of carbonyl (C=O) groups is 1. The molecule has 0 radical (unpaired) electrons. The summed E-state index contributed by atoms with van der Waals surface area (Å²) in [6.07, 6.45) is 5.24. The second kappa shape index (κ2) is 7.49. The van der Waals surface area contributed by atoms with Crippen LogP contribution in [0.4, 0.5) is 0 Å². The third-order valence-corrected chi connectivity index (χ3v) is 5.75. The van der Waals surface area contributed by atoms with Crippen molar-refractivity contribution >= 4 is 40.9 Å². The molecule has 2 aliphatic rings. The lowest BCUT2D eigenvalue weighted by atomic mass is 9.77. The SMILES string of the molecule is CC(=O)N1N=C2/C(=C\c3ccc(Cl)cc3)CCC[C@@H]2[C@H]1c1ccc(Cl)cc1. The summed E-state index contributed by atoms with van der Waals surface area (Å²) in [5.74, 6) is 0.171. The lowest BCUT2D eigenvalue weighted by Crippen LogP contribution is -2.30. The summed E-state index contributed by atoms with van der Waals surface area (Å²) in [4.78, 5) is 12.3. The minimum Gasteiger partial charge on any atom is -0.273 e. The number of halogens is 2. The Morgan fingerprint density at radius 3 is 2.33 bits per heavy atom. The Balaban J connectivity index is 1.72. The van der Waals surface area contributed by atoms with E-state index in [9.17, 15) is 4.79 Å². The molecule has 0 saturated heterocycles. The van der Waals surface area contributed by atoms with Gasteiger partial charge in [0.15, 0.2) is 0 Å². The topological polar surface area (TPSA) is 32.7 Å². The largest absolute Gasteiger partial charge is 0.273 e. The Kier molecular flexibility index (Phi) is 5.07. The molecule has 1 aliphatic carbocycles. The van der Waals surface area contributed by atoms with Crippen LogP contribution in [0.1, 0.15) is 43.4 Å². The van der Waals surface area contributed by atoms with Crippen LogP contribution >= 0.6 is 23.2 Å². The zero-order chi connectivity index (χ0) is 19.0. The lowest BCUT2D eigenvalue weighted by Gasteiger charge is -2.29. The van der Waals surface area contributed by atoms with E-state index >= 15 is 0 Å². The van der Waals surface area contributed by atoms with Gasteiger partial charge in [-0.05, 0) is 66.3 Å². The Labute approximate surface area is 169 Å². The summed E-state index contributed by atoms with van der Waals surface area (Å²) < 4.78 is 0. The number of hydrogen-bond acceptors (Lipinski definition) is 2. The van der Waals surface area contributed by atoms with E-state index < -0.39 is 0 Å². The lowest BCUT2D eigenvalue weighted by molar-refractivity contribution is -0.131. The first-order valence-electron chi connectivity index (χ1n) is 9.13. The molecule has 2 aromatic rings. The molecule has 138 valence electrons. The van der Waals surface area contributed by atoms with E-state index in [-0.39, 0.29) is 17.9 Å². The molecule has 4 rings (SSSR count). The fourth-order valence-electron chi connectivity index (χ4n) is 4.02. The first-order chi connectivity index (χ1) is 13.0. The number of allylic oxidation sites excluding steroid dienone is 1. The van der Waals surface area contributed by atoms with Crippen molar-refractivity contribution in [3.63, 3.8) is 0 Å². The molecule has 0 spiro atoms. The van der Waals surface area contributed by atoms with Gasteiger partial charge in [-0.15, -0.1) is 0 Å². The van der Waals surface area contributed by atoms with Crippen LogP contribution in [-0.4, -0.2) is 16.6 Å². The van der Waals surface area contributed by atoms with Crippen LogP contribution in [0.25, 0.3) is 6.08 Å². The molecule has 1 aliphatic heterocycles. The molecular weight excluding hydrogens is 379 g/mol. The predicted octanol–water partition coefficient (Wildman–Crippen LogP) is 6.14. The monoisotopic (exact) mass is 398 g/mol. The van der Waals surface area contributed by atoms with Crippen molar-refractivity contribution in [1.82, 2.24) is 5.01 Å². The fourth-order valence-corrected chi connectivity index (χ4v) is 4.27. The zero-order valence-electron chi connectivity index (χ0n) is 15.0. The summed E-state index contributed by atoms with van der Waals surface area (Å²) in [5, 5.41) is 7.82. The average molecular weight is 399 g/mol. The van der Waals surface area contributed by atoms with Gasteiger partial charge >= 0.3 is 0 Å². The van der Waals surface area contributed by atoms with Crippen molar-refractivity contribution in [3.05, 3.63) is 75.3 Å². The van der Waals surface area contributed by atoms with Crippen molar-refractivity contribution in [2.45, 2.75) is 32.2 Å². The van der Waals surface area contributed by atoms with Crippen molar-refractivity contribution in [3.8, 4) is 0 Å². The predicted molar refractivity (Wildman–Crippen MR) is 111 cm³/mol.